The summed E-state index contributed by atoms with van der Waals surface area (Å²) in [6.07, 6.45) is 11.4. The van der Waals surface area contributed by atoms with E-state index in [1.807, 2.05) is 97.1 Å². The summed E-state index contributed by atoms with van der Waals surface area (Å²) in [4.78, 5) is 9.28. The molecule has 6 nitrogen and oxygen atoms in total. The molecule has 11 rings (SSSR count). The van der Waals surface area contributed by atoms with Crippen molar-refractivity contribution in [3.63, 3.8) is 0 Å². The third kappa shape index (κ3) is 6.08. The highest BCUT2D eigenvalue weighted by atomic mass is 16.5. The Morgan fingerprint density at radius 1 is 0.627 bits per heavy atom. The summed E-state index contributed by atoms with van der Waals surface area (Å²) in [6, 6.07) is 34.5. The number of imidazole rings is 1. The molecule has 0 radical (unpaired) electrons. The lowest BCUT2D eigenvalue weighted by atomic mass is 9.53. The summed E-state index contributed by atoms with van der Waals surface area (Å²) in [5.74, 6) is 4.01. The quantitative estimate of drug-likeness (QED) is 0.0920. The van der Waals surface area contributed by atoms with Gasteiger partial charge in [0.15, 0.2) is 5.82 Å². The van der Waals surface area contributed by atoms with Crippen LogP contribution in [0.1, 0.15) is 13.7 Å². The van der Waals surface area contributed by atoms with E-state index in [2.05, 4.69) is 52.5 Å². The van der Waals surface area contributed by atoms with E-state index >= 15 is 0 Å². The number of aromatic nitrogens is 3. The van der Waals surface area contributed by atoms with Gasteiger partial charge in [0.25, 0.3) is 6.33 Å². The predicted octanol–water partition coefficient (Wildman–Crippen LogP) is 11.3. The average molecular weight is 768 g/mol. The van der Waals surface area contributed by atoms with Crippen LogP contribution < -0.4 is 24.5 Å². The lowest BCUT2D eigenvalue weighted by Crippen LogP contribution is -2.45. The van der Waals surface area contributed by atoms with Gasteiger partial charge in [0.05, 0.1) is 47.5 Å². The van der Waals surface area contributed by atoms with Crippen LogP contribution in [0.3, 0.4) is 0 Å². The van der Waals surface area contributed by atoms with E-state index in [1.165, 1.54) is 0 Å². The van der Waals surface area contributed by atoms with E-state index in [4.69, 9.17) is 23.4 Å². The van der Waals surface area contributed by atoms with Crippen molar-refractivity contribution in [3.05, 3.63) is 225 Å². The van der Waals surface area contributed by atoms with Crippen molar-refractivity contribution in [2.75, 3.05) is 9.71 Å². The first-order chi connectivity index (χ1) is 33.4. The number of rotatable bonds is 7. The molecule has 7 heteroatoms. The largest absolute Gasteiger partial charge is 0.458 e. The van der Waals surface area contributed by atoms with Crippen LogP contribution in [0, 0.1) is 6.33 Å². The van der Waals surface area contributed by atoms with Crippen molar-refractivity contribution >= 4 is 46.2 Å². The third-order valence-corrected chi connectivity index (χ3v) is 10.5. The highest BCUT2D eigenvalue weighted by molar-refractivity contribution is 6.83. The lowest BCUT2D eigenvalue weighted by Gasteiger charge is -2.28. The Morgan fingerprint density at radius 2 is 1.29 bits per heavy atom. The smallest absolute Gasteiger partial charge is 0.322 e. The first-order valence-electron chi connectivity index (χ1n) is 24.0. The molecular weight excluding hydrogens is 721 g/mol. The molecule has 0 amide bonds. The van der Waals surface area contributed by atoms with Crippen molar-refractivity contribution in [3.8, 4) is 45.1 Å². The van der Waals surface area contributed by atoms with Gasteiger partial charge in [-0.25, -0.2) is 4.98 Å². The molecule has 0 atom stereocenters. The highest BCUT2D eigenvalue weighted by Crippen LogP contribution is 2.43. The highest BCUT2D eigenvalue weighted by Gasteiger charge is 2.35. The Bertz CT molecular complexity index is 3470. The number of ether oxygens (including phenoxy) is 1. The van der Waals surface area contributed by atoms with Crippen LogP contribution in [0.25, 0.3) is 44.7 Å². The fourth-order valence-electron chi connectivity index (χ4n) is 7.94. The number of hydrogen-bond acceptors (Lipinski definition) is 4. The normalized spacial score (nSPS) is 15.2. The number of para-hydroxylation sites is 4. The van der Waals surface area contributed by atoms with E-state index in [1.54, 1.807) is 33.5 Å². The standard InChI is InChI=1S/C52H36BN5O/c1-3-17-38(18-4-1)44-25-15-26-45(39-19-5-2-6-20-39)51(44)56-37-55(48-29-9-10-30-49(48)56)40-21-13-23-42(35-40)59-43-24-14-22-41(36-43)58-47-28-8-7-27-46(47)53-32-11-12-34-57(53)50-31-16-33-54-52(50)58/h1-36H/i1D,2D,3D,4D,5D,6D,17D,18D,19D,20D. The van der Waals surface area contributed by atoms with E-state index in [0.29, 0.717) is 28.2 Å². The zero-order chi connectivity index (χ0) is 47.8. The molecule has 0 bridgehead atoms. The Balaban J connectivity index is 1.05. The minimum atomic E-state index is -0.567. The number of allylic oxidation sites excluding steroid dienone is 2. The fourth-order valence-corrected chi connectivity index (χ4v) is 7.94. The minimum absolute atomic E-state index is 0.0397. The molecule has 0 unspecified atom stereocenters. The molecule has 2 aliphatic heterocycles. The summed E-state index contributed by atoms with van der Waals surface area (Å²) < 4.78 is 97.0. The van der Waals surface area contributed by atoms with Gasteiger partial charge in [-0.15, -0.1) is 0 Å². The van der Waals surface area contributed by atoms with Crippen molar-refractivity contribution < 1.29 is 23.0 Å². The number of benzene rings is 7. The summed E-state index contributed by atoms with van der Waals surface area (Å²) in [5.41, 5.74) is 5.94. The second-order valence-corrected chi connectivity index (χ2v) is 13.9. The Hall–Kier alpha value is -7.90. The molecule has 0 spiro atoms. The van der Waals surface area contributed by atoms with Gasteiger partial charge in [-0.3, -0.25) is 14.0 Å². The van der Waals surface area contributed by atoms with Crippen LogP contribution in [0.4, 0.5) is 22.9 Å². The van der Waals surface area contributed by atoms with Crippen LogP contribution >= 0.6 is 0 Å². The number of anilines is 4. The first-order valence-corrected chi connectivity index (χ1v) is 19.0. The Morgan fingerprint density at radius 3 is 2.07 bits per heavy atom. The zero-order valence-corrected chi connectivity index (χ0v) is 31.2. The maximum Gasteiger partial charge on any atom is 0.322 e. The van der Waals surface area contributed by atoms with Crippen LogP contribution in [-0.4, -0.2) is 16.4 Å². The van der Waals surface area contributed by atoms with E-state index in [-0.39, 0.29) is 34.8 Å². The fraction of sp³-hybridized carbons (Fsp3) is 0. The molecule has 59 heavy (non-hydrogen) atoms. The Kier molecular flexibility index (Phi) is 6.26. The second-order valence-electron chi connectivity index (χ2n) is 13.9. The van der Waals surface area contributed by atoms with Crippen molar-refractivity contribution in [1.29, 1.82) is 0 Å². The molecule has 0 N–H and O–H groups in total. The molecule has 0 aliphatic carbocycles. The monoisotopic (exact) mass is 767 g/mol. The summed E-state index contributed by atoms with van der Waals surface area (Å²) in [5, 5.41) is 0. The molecule has 278 valence electrons. The van der Waals surface area contributed by atoms with Crippen LogP contribution in [0.15, 0.2) is 218 Å². The number of pyridine rings is 1. The van der Waals surface area contributed by atoms with Gasteiger partial charge in [-0.2, -0.15) is 0 Å². The van der Waals surface area contributed by atoms with Crippen LogP contribution in [-0.2, 0) is 0 Å². The molecule has 9 aromatic rings. The second kappa shape index (κ2) is 14.6. The van der Waals surface area contributed by atoms with Crippen LogP contribution in [0.5, 0.6) is 11.5 Å². The SMILES string of the molecule is [2H]c1c([2H])c([2H])c(-c2cccc(-c3c([2H])c([2H])c([2H])c([2H])c3[2H])c2-[n+]2[c-]n(-c3cccc(Oc4cccc(N5c6ccccc6B6C=CC=CN6c6cccnc65)c4)c3)c3ccccc32)c([2H])c1[2H]. The number of hydrogen-bond donors (Lipinski definition) is 0. The topological polar surface area (TPSA) is 37.4 Å². The molecule has 4 heterocycles. The molecular formula is C52H36BN5O. The maximum atomic E-state index is 9.00. The van der Waals surface area contributed by atoms with Gasteiger partial charge < -0.3 is 9.55 Å². The van der Waals surface area contributed by atoms with E-state index in [0.717, 1.165) is 28.3 Å². The molecule has 2 aromatic heterocycles. The molecule has 0 saturated carbocycles. The summed E-state index contributed by atoms with van der Waals surface area (Å²) in [7, 11) is 0. The van der Waals surface area contributed by atoms with Gasteiger partial charge in [-0.05, 0) is 88.5 Å². The molecule has 0 fully saturated rings. The zero-order valence-electron chi connectivity index (χ0n) is 41.2. The van der Waals surface area contributed by atoms with E-state index < -0.39 is 60.4 Å². The van der Waals surface area contributed by atoms with Gasteiger partial charge in [0.1, 0.15) is 11.5 Å². The van der Waals surface area contributed by atoms with E-state index in [9.17, 15) is 0 Å². The van der Waals surface area contributed by atoms with Gasteiger partial charge in [0, 0.05) is 18.0 Å². The average Bonchev–Trinajstić information content (AvgIpc) is 3.71. The summed E-state index contributed by atoms with van der Waals surface area (Å²) in [6.45, 7) is -0.0397. The van der Waals surface area contributed by atoms with Crippen molar-refractivity contribution in [2.45, 2.75) is 0 Å². The number of nitrogens with zero attached hydrogens (tertiary/aromatic N) is 5. The lowest BCUT2D eigenvalue weighted by molar-refractivity contribution is -0.571. The molecule has 2 aliphatic rings. The molecule has 0 saturated heterocycles. The molecule has 7 aromatic carbocycles. The van der Waals surface area contributed by atoms with Gasteiger partial charge >= 0.3 is 6.85 Å². The van der Waals surface area contributed by atoms with Crippen LogP contribution in [0.2, 0.25) is 0 Å². The maximum absolute atomic E-state index is 9.00. The first kappa shape index (κ1) is 25.4. The third-order valence-electron chi connectivity index (χ3n) is 10.5. The van der Waals surface area contributed by atoms with Crippen molar-refractivity contribution in [2.24, 2.45) is 0 Å². The minimum Gasteiger partial charge on any atom is -0.458 e. The summed E-state index contributed by atoms with van der Waals surface area (Å²) >= 11 is 0. The predicted molar refractivity (Wildman–Crippen MR) is 240 cm³/mol. The van der Waals surface area contributed by atoms with Gasteiger partial charge in [0.2, 0.25) is 0 Å². The van der Waals surface area contributed by atoms with Crippen molar-refractivity contribution in [1.82, 2.24) is 9.55 Å². The van der Waals surface area contributed by atoms with Gasteiger partial charge in [-0.1, -0.05) is 145 Å². The number of fused-ring (bicyclic) bond motifs is 6. The Labute approximate surface area is 357 Å².